The number of ether oxygens (including phenoxy) is 4. The van der Waals surface area contributed by atoms with Crippen LogP contribution < -0.4 is 0 Å². The van der Waals surface area contributed by atoms with Gasteiger partial charge in [0.05, 0.1) is 38.3 Å². The van der Waals surface area contributed by atoms with Crippen molar-refractivity contribution in [3.8, 4) is 6.07 Å². The second-order valence-corrected chi connectivity index (χ2v) is 8.31. The third kappa shape index (κ3) is 6.78. The lowest BCUT2D eigenvalue weighted by molar-refractivity contribution is -0.0896. The Labute approximate surface area is 206 Å². The van der Waals surface area contributed by atoms with Crippen molar-refractivity contribution in [2.24, 2.45) is 0 Å². The minimum Gasteiger partial charge on any atom is -0.514 e. The molecule has 1 N–H and O–H groups in total. The Morgan fingerprint density at radius 2 is 1.26 bits per heavy atom. The molecule has 3 aromatic rings. The lowest BCUT2D eigenvalue weighted by Crippen LogP contribution is -2.39. The van der Waals surface area contributed by atoms with E-state index in [1.54, 1.807) is 0 Å². The summed E-state index contributed by atoms with van der Waals surface area (Å²) in [6, 6.07) is 31.5. The van der Waals surface area contributed by atoms with Gasteiger partial charge < -0.3 is 24.1 Å². The molecule has 2 unspecified atom stereocenters. The van der Waals surface area contributed by atoms with Crippen LogP contribution in [0.15, 0.2) is 103 Å². The van der Waals surface area contributed by atoms with Crippen LogP contribution in [0.1, 0.15) is 16.7 Å². The zero-order chi connectivity index (χ0) is 24.3. The van der Waals surface area contributed by atoms with E-state index in [1.165, 1.54) is 0 Å². The van der Waals surface area contributed by atoms with Gasteiger partial charge in [-0.25, -0.2) is 0 Å². The van der Waals surface area contributed by atoms with Crippen molar-refractivity contribution in [1.82, 2.24) is 0 Å². The van der Waals surface area contributed by atoms with Gasteiger partial charge in [0.1, 0.15) is 30.5 Å². The van der Waals surface area contributed by atoms with E-state index in [0.29, 0.717) is 19.8 Å². The highest BCUT2D eigenvalue weighted by atomic mass is 16.6. The number of nitrogens with zero attached hydrogens (tertiary/aromatic N) is 1. The fraction of sp³-hybridized carbons (Fsp3) is 0.276. The van der Waals surface area contributed by atoms with Crippen LogP contribution in [0.2, 0.25) is 0 Å². The predicted molar refractivity (Wildman–Crippen MR) is 131 cm³/mol. The third-order valence-electron chi connectivity index (χ3n) is 5.85. The summed E-state index contributed by atoms with van der Waals surface area (Å²) in [5.41, 5.74) is 3.14. The zero-order valence-corrected chi connectivity index (χ0v) is 19.4. The molecule has 1 aliphatic rings. The van der Waals surface area contributed by atoms with E-state index < -0.39 is 24.4 Å². The number of hydrogen-bond acceptors (Lipinski definition) is 6. The number of benzene rings is 3. The van der Waals surface area contributed by atoms with Gasteiger partial charge in [0, 0.05) is 0 Å². The normalized spacial score (nSPS) is 22.1. The van der Waals surface area contributed by atoms with Crippen LogP contribution in [0.5, 0.6) is 0 Å². The molecule has 4 atom stereocenters. The molecule has 1 fully saturated rings. The average molecular weight is 472 g/mol. The van der Waals surface area contributed by atoms with Crippen LogP contribution in [-0.2, 0) is 38.8 Å². The maximum absolute atomic E-state index is 9.70. The van der Waals surface area contributed by atoms with Crippen LogP contribution in [0.3, 0.4) is 0 Å². The SMILES string of the molecule is N#C/C(=C\O)C1O[C@H](COCc2ccccc2)[C@@H](OCc2ccccc2)C1OCc1ccccc1. The van der Waals surface area contributed by atoms with Gasteiger partial charge in [-0.1, -0.05) is 91.0 Å². The quantitative estimate of drug-likeness (QED) is 0.309. The standard InChI is InChI=1S/C29H29NO5/c30-16-25(17-31)27-29(34-20-24-14-8-3-9-15-24)28(33-19-23-12-6-2-7-13-23)26(35-27)21-32-18-22-10-4-1-5-11-22/h1-15,17,26-29,31H,18-21H2/b25-17+/t26-,27?,28-,29?/m1/s1. The Morgan fingerprint density at radius 1 is 0.771 bits per heavy atom. The molecule has 35 heavy (non-hydrogen) atoms. The van der Waals surface area contributed by atoms with E-state index in [1.807, 2.05) is 97.1 Å². The van der Waals surface area contributed by atoms with Gasteiger partial charge in [0.25, 0.3) is 0 Å². The molecule has 0 amide bonds. The van der Waals surface area contributed by atoms with Gasteiger partial charge in [0.15, 0.2) is 0 Å². The molecule has 0 saturated carbocycles. The summed E-state index contributed by atoms with van der Waals surface area (Å²) in [6.07, 6.45) is -1.60. The molecule has 0 spiro atoms. The van der Waals surface area contributed by atoms with Crippen LogP contribution in [0.4, 0.5) is 0 Å². The fourth-order valence-electron chi connectivity index (χ4n) is 4.06. The number of aliphatic hydroxyl groups is 1. The highest BCUT2D eigenvalue weighted by Crippen LogP contribution is 2.32. The molecule has 3 aromatic carbocycles. The minimum atomic E-state index is -0.778. The lowest BCUT2D eigenvalue weighted by atomic mass is 10.0. The van der Waals surface area contributed by atoms with Gasteiger partial charge in [0.2, 0.25) is 0 Å². The second kappa shape index (κ2) is 12.8. The van der Waals surface area contributed by atoms with Gasteiger partial charge in [-0.15, -0.1) is 0 Å². The zero-order valence-electron chi connectivity index (χ0n) is 19.4. The number of nitriles is 1. The number of aliphatic hydroxyl groups excluding tert-OH is 1. The summed E-state index contributed by atoms with van der Waals surface area (Å²) in [7, 11) is 0. The van der Waals surface area contributed by atoms with E-state index in [-0.39, 0.29) is 12.2 Å². The summed E-state index contributed by atoms with van der Waals surface area (Å²) in [5.74, 6) is 0. The van der Waals surface area contributed by atoms with Gasteiger partial charge in [-0.3, -0.25) is 0 Å². The molecule has 1 saturated heterocycles. The molecule has 0 bridgehead atoms. The first-order valence-electron chi connectivity index (χ1n) is 11.6. The summed E-state index contributed by atoms with van der Waals surface area (Å²) >= 11 is 0. The van der Waals surface area contributed by atoms with E-state index in [9.17, 15) is 10.4 Å². The van der Waals surface area contributed by atoms with Crippen LogP contribution >= 0.6 is 0 Å². The molecular weight excluding hydrogens is 442 g/mol. The number of hydrogen-bond donors (Lipinski definition) is 1. The first-order chi connectivity index (χ1) is 17.3. The minimum absolute atomic E-state index is 0.0851. The van der Waals surface area contributed by atoms with E-state index in [2.05, 4.69) is 0 Å². The second-order valence-electron chi connectivity index (χ2n) is 8.31. The molecule has 6 nitrogen and oxygen atoms in total. The highest BCUT2D eigenvalue weighted by Gasteiger charge is 2.48. The number of rotatable bonds is 11. The Hall–Kier alpha value is -3.47. The van der Waals surface area contributed by atoms with Gasteiger partial charge >= 0.3 is 0 Å². The summed E-state index contributed by atoms with van der Waals surface area (Å²) in [4.78, 5) is 0. The molecule has 4 rings (SSSR count). The van der Waals surface area contributed by atoms with Crippen LogP contribution in [-0.4, -0.2) is 36.1 Å². The topological polar surface area (TPSA) is 80.9 Å². The maximum atomic E-state index is 9.70. The molecule has 1 heterocycles. The Kier molecular flexibility index (Phi) is 9.04. The van der Waals surface area contributed by atoms with Crippen LogP contribution in [0, 0.1) is 11.3 Å². The van der Waals surface area contributed by atoms with E-state index in [0.717, 1.165) is 23.0 Å². The predicted octanol–water partition coefficient (Wildman–Crippen LogP) is 5.11. The van der Waals surface area contributed by atoms with E-state index >= 15 is 0 Å². The summed E-state index contributed by atoms with van der Waals surface area (Å²) in [5, 5.41) is 19.3. The van der Waals surface area contributed by atoms with Gasteiger partial charge in [-0.2, -0.15) is 5.26 Å². The molecule has 0 aliphatic carbocycles. The van der Waals surface area contributed by atoms with Crippen molar-refractivity contribution in [3.63, 3.8) is 0 Å². The maximum Gasteiger partial charge on any atom is 0.125 e. The highest BCUT2D eigenvalue weighted by molar-refractivity contribution is 5.27. The molecule has 0 aromatic heterocycles. The van der Waals surface area contributed by atoms with Gasteiger partial charge in [-0.05, 0) is 16.7 Å². The first kappa shape index (κ1) is 24.6. The summed E-state index contributed by atoms with van der Waals surface area (Å²) < 4.78 is 24.8. The third-order valence-corrected chi connectivity index (χ3v) is 5.85. The lowest BCUT2D eigenvalue weighted by Gasteiger charge is -2.25. The van der Waals surface area contributed by atoms with Crippen molar-refractivity contribution in [3.05, 3.63) is 120 Å². The average Bonchev–Trinajstić information content (AvgIpc) is 3.25. The Balaban J connectivity index is 1.52. The van der Waals surface area contributed by atoms with Crippen molar-refractivity contribution in [2.45, 2.75) is 44.2 Å². The Morgan fingerprint density at radius 3 is 1.74 bits per heavy atom. The largest absolute Gasteiger partial charge is 0.514 e. The monoisotopic (exact) mass is 471 g/mol. The van der Waals surface area contributed by atoms with Crippen molar-refractivity contribution < 1.29 is 24.1 Å². The Bertz CT molecular complexity index is 1100. The van der Waals surface area contributed by atoms with E-state index in [4.69, 9.17) is 18.9 Å². The van der Waals surface area contributed by atoms with Crippen molar-refractivity contribution >= 4 is 0 Å². The van der Waals surface area contributed by atoms with Crippen LogP contribution in [0.25, 0.3) is 0 Å². The molecule has 1 aliphatic heterocycles. The first-order valence-corrected chi connectivity index (χ1v) is 11.6. The smallest absolute Gasteiger partial charge is 0.125 e. The van der Waals surface area contributed by atoms with Crippen molar-refractivity contribution in [2.75, 3.05) is 6.61 Å². The molecule has 180 valence electrons. The molecule has 6 heteroatoms. The fourth-order valence-corrected chi connectivity index (χ4v) is 4.06. The van der Waals surface area contributed by atoms with Crippen molar-refractivity contribution in [1.29, 1.82) is 5.26 Å². The molecular formula is C29H29NO5. The molecule has 0 radical (unpaired) electrons. The summed E-state index contributed by atoms with van der Waals surface area (Å²) in [6.45, 7) is 1.35.